The SMILES string of the molecule is CC(=O)OCc1cc(=O)n2cc(C)ccc2n1. The van der Waals surface area contributed by atoms with Crippen LogP contribution in [0.15, 0.2) is 29.2 Å². The minimum Gasteiger partial charge on any atom is -0.459 e. The molecule has 0 radical (unpaired) electrons. The Bertz CT molecular complexity index is 631. The first-order valence-corrected chi connectivity index (χ1v) is 5.18. The number of nitrogens with zero attached hydrogens (tertiary/aromatic N) is 2. The number of carbonyl (C=O) groups excluding carboxylic acids is 1. The van der Waals surface area contributed by atoms with Crippen LogP contribution in [0.3, 0.4) is 0 Å². The van der Waals surface area contributed by atoms with Gasteiger partial charge in [-0.2, -0.15) is 0 Å². The van der Waals surface area contributed by atoms with E-state index in [0.29, 0.717) is 11.3 Å². The summed E-state index contributed by atoms with van der Waals surface area (Å²) in [5.41, 5.74) is 1.80. The fourth-order valence-electron chi connectivity index (χ4n) is 1.51. The van der Waals surface area contributed by atoms with Crippen LogP contribution in [0.2, 0.25) is 0 Å². The molecule has 0 N–H and O–H groups in total. The predicted molar refractivity (Wildman–Crippen MR) is 61.7 cm³/mol. The summed E-state index contributed by atoms with van der Waals surface area (Å²) in [5, 5.41) is 0. The summed E-state index contributed by atoms with van der Waals surface area (Å²) in [5.74, 6) is -0.393. The number of pyridine rings is 1. The average Bonchev–Trinajstić information content (AvgIpc) is 2.27. The molecule has 0 aliphatic carbocycles. The maximum Gasteiger partial charge on any atom is 0.303 e. The van der Waals surface area contributed by atoms with Crippen molar-refractivity contribution in [2.75, 3.05) is 0 Å². The molecule has 88 valence electrons. The van der Waals surface area contributed by atoms with Gasteiger partial charge in [0.25, 0.3) is 5.56 Å². The highest BCUT2D eigenvalue weighted by molar-refractivity contribution is 5.65. The van der Waals surface area contributed by atoms with Crippen molar-refractivity contribution >= 4 is 11.6 Å². The van der Waals surface area contributed by atoms with E-state index in [9.17, 15) is 9.59 Å². The van der Waals surface area contributed by atoms with E-state index < -0.39 is 5.97 Å². The second-order valence-corrected chi connectivity index (χ2v) is 3.80. The first kappa shape index (κ1) is 11.3. The van der Waals surface area contributed by atoms with Gasteiger partial charge in [-0.05, 0) is 18.6 Å². The molecule has 0 aliphatic rings. The Morgan fingerprint density at radius 1 is 1.47 bits per heavy atom. The number of rotatable bonds is 2. The van der Waals surface area contributed by atoms with Gasteiger partial charge in [0.15, 0.2) is 0 Å². The summed E-state index contributed by atoms with van der Waals surface area (Å²) >= 11 is 0. The molecule has 17 heavy (non-hydrogen) atoms. The van der Waals surface area contributed by atoms with E-state index in [2.05, 4.69) is 4.98 Å². The van der Waals surface area contributed by atoms with Crippen molar-refractivity contribution in [1.82, 2.24) is 9.38 Å². The van der Waals surface area contributed by atoms with E-state index in [-0.39, 0.29) is 12.2 Å². The van der Waals surface area contributed by atoms with E-state index in [1.807, 2.05) is 13.0 Å². The number of hydrogen-bond donors (Lipinski definition) is 0. The van der Waals surface area contributed by atoms with Crippen LogP contribution >= 0.6 is 0 Å². The van der Waals surface area contributed by atoms with Crippen molar-refractivity contribution in [1.29, 1.82) is 0 Å². The molecule has 0 spiro atoms. The van der Waals surface area contributed by atoms with Crippen molar-refractivity contribution in [3.05, 3.63) is 46.0 Å². The summed E-state index contributed by atoms with van der Waals surface area (Å²) in [6, 6.07) is 5.00. The molecular weight excluding hydrogens is 220 g/mol. The van der Waals surface area contributed by atoms with Gasteiger partial charge in [-0.25, -0.2) is 4.98 Å². The standard InChI is InChI=1S/C12H12N2O3/c1-8-3-4-11-13-10(7-17-9(2)15)5-12(16)14(11)6-8/h3-6H,7H2,1-2H3. The molecule has 0 aromatic carbocycles. The largest absolute Gasteiger partial charge is 0.459 e. The van der Waals surface area contributed by atoms with Gasteiger partial charge in [-0.3, -0.25) is 14.0 Å². The first-order valence-electron chi connectivity index (χ1n) is 5.18. The monoisotopic (exact) mass is 232 g/mol. The molecule has 5 nitrogen and oxygen atoms in total. The van der Waals surface area contributed by atoms with E-state index >= 15 is 0 Å². The summed E-state index contributed by atoms with van der Waals surface area (Å²) in [6.07, 6.45) is 1.72. The topological polar surface area (TPSA) is 60.7 Å². The maximum atomic E-state index is 11.8. The lowest BCUT2D eigenvalue weighted by atomic mass is 10.3. The van der Waals surface area contributed by atoms with Crippen LogP contribution in [0.25, 0.3) is 5.65 Å². The van der Waals surface area contributed by atoms with Gasteiger partial charge in [0, 0.05) is 19.2 Å². The third-order valence-electron chi connectivity index (χ3n) is 2.28. The summed E-state index contributed by atoms with van der Waals surface area (Å²) in [4.78, 5) is 26.7. The lowest BCUT2D eigenvalue weighted by Gasteiger charge is -2.04. The number of aryl methyl sites for hydroxylation is 1. The summed E-state index contributed by atoms with van der Waals surface area (Å²) in [7, 11) is 0. The van der Waals surface area contributed by atoms with Crippen LogP contribution < -0.4 is 5.56 Å². The van der Waals surface area contributed by atoms with Gasteiger partial charge in [0.2, 0.25) is 0 Å². The Morgan fingerprint density at radius 3 is 2.94 bits per heavy atom. The minimum absolute atomic E-state index is 0.0228. The molecule has 0 bridgehead atoms. The molecule has 0 atom stereocenters. The fourth-order valence-corrected chi connectivity index (χ4v) is 1.51. The summed E-state index contributed by atoms with van der Waals surface area (Å²) < 4.78 is 6.27. The first-order chi connectivity index (χ1) is 8.06. The third kappa shape index (κ3) is 2.50. The number of aromatic nitrogens is 2. The second kappa shape index (κ2) is 4.37. The molecular formula is C12H12N2O3. The summed E-state index contributed by atoms with van der Waals surface area (Å²) in [6.45, 7) is 3.24. The maximum absolute atomic E-state index is 11.8. The van der Waals surface area contributed by atoms with Crippen LogP contribution in [0.5, 0.6) is 0 Å². The lowest BCUT2D eigenvalue weighted by Crippen LogP contribution is -2.16. The molecule has 2 heterocycles. The molecule has 0 fully saturated rings. The third-order valence-corrected chi connectivity index (χ3v) is 2.28. The van der Waals surface area contributed by atoms with Crippen LogP contribution in [-0.2, 0) is 16.1 Å². The number of carbonyl (C=O) groups is 1. The highest BCUT2D eigenvalue weighted by atomic mass is 16.5. The Morgan fingerprint density at radius 2 is 2.24 bits per heavy atom. The number of fused-ring (bicyclic) bond motifs is 1. The zero-order chi connectivity index (χ0) is 12.4. The van der Waals surface area contributed by atoms with E-state index in [4.69, 9.17) is 4.74 Å². The Balaban J connectivity index is 2.45. The number of hydrogen-bond acceptors (Lipinski definition) is 4. The second-order valence-electron chi connectivity index (χ2n) is 3.80. The normalized spacial score (nSPS) is 10.5. The highest BCUT2D eigenvalue weighted by Gasteiger charge is 2.03. The molecule has 5 heteroatoms. The van der Waals surface area contributed by atoms with Crippen molar-refractivity contribution in [3.8, 4) is 0 Å². The zero-order valence-corrected chi connectivity index (χ0v) is 9.64. The van der Waals surface area contributed by atoms with Gasteiger partial charge in [-0.15, -0.1) is 0 Å². The van der Waals surface area contributed by atoms with Crippen molar-refractivity contribution in [2.45, 2.75) is 20.5 Å². The van der Waals surface area contributed by atoms with Crippen LogP contribution in [0, 0.1) is 6.92 Å². The Kier molecular flexibility index (Phi) is 2.91. The Hall–Kier alpha value is -2.17. The number of esters is 1. The molecule has 0 saturated heterocycles. The van der Waals surface area contributed by atoms with Gasteiger partial charge < -0.3 is 4.74 Å². The van der Waals surface area contributed by atoms with Crippen molar-refractivity contribution in [3.63, 3.8) is 0 Å². The van der Waals surface area contributed by atoms with Crippen LogP contribution in [-0.4, -0.2) is 15.4 Å². The fraction of sp³-hybridized carbons (Fsp3) is 0.250. The van der Waals surface area contributed by atoms with E-state index in [1.165, 1.54) is 17.4 Å². The smallest absolute Gasteiger partial charge is 0.303 e. The Labute approximate surface area is 97.7 Å². The molecule has 2 aromatic rings. The molecule has 2 aromatic heterocycles. The van der Waals surface area contributed by atoms with Crippen LogP contribution in [0.4, 0.5) is 0 Å². The highest BCUT2D eigenvalue weighted by Crippen LogP contribution is 2.03. The van der Waals surface area contributed by atoms with E-state index in [1.54, 1.807) is 12.3 Å². The number of ether oxygens (including phenoxy) is 1. The van der Waals surface area contributed by atoms with Gasteiger partial charge in [0.05, 0.1) is 5.69 Å². The predicted octanol–water partition coefficient (Wildman–Crippen LogP) is 1.07. The zero-order valence-electron chi connectivity index (χ0n) is 9.64. The van der Waals surface area contributed by atoms with E-state index in [0.717, 1.165) is 5.56 Å². The quantitative estimate of drug-likeness (QED) is 0.726. The van der Waals surface area contributed by atoms with Gasteiger partial charge in [-0.1, -0.05) is 6.07 Å². The average molecular weight is 232 g/mol. The van der Waals surface area contributed by atoms with Gasteiger partial charge >= 0.3 is 5.97 Å². The molecule has 0 amide bonds. The molecule has 0 aliphatic heterocycles. The molecule has 2 rings (SSSR count). The van der Waals surface area contributed by atoms with Gasteiger partial charge in [0.1, 0.15) is 12.3 Å². The lowest BCUT2D eigenvalue weighted by molar-refractivity contribution is -0.142. The van der Waals surface area contributed by atoms with Crippen LogP contribution in [0.1, 0.15) is 18.2 Å². The molecule has 0 unspecified atom stereocenters. The molecule has 0 saturated carbocycles. The minimum atomic E-state index is -0.393. The van der Waals surface area contributed by atoms with Crippen molar-refractivity contribution in [2.24, 2.45) is 0 Å². The van der Waals surface area contributed by atoms with Crippen molar-refractivity contribution < 1.29 is 9.53 Å².